The van der Waals surface area contributed by atoms with Crippen LogP contribution in [0.15, 0.2) is 114 Å². The summed E-state index contributed by atoms with van der Waals surface area (Å²) >= 11 is 0. The maximum absolute atomic E-state index is 6.03. The van der Waals surface area contributed by atoms with Crippen LogP contribution in [0.4, 0.5) is 11.4 Å². The molecule has 4 aromatic rings. The molecule has 0 heterocycles. The SMILES string of the molecule is COc1ccc(C=NN(c2ccccc2)c2ccccc2)cc1OCc1ccccc1. The maximum atomic E-state index is 6.03. The van der Waals surface area contributed by atoms with Crippen LogP contribution in [0.1, 0.15) is 11.1 Å². The largest absolute Gasteiger partial charge is 0.493 e. The summed E-state index contributed by atoms with van der Waals surface area (Å²) in [6.45, 7) is 0.470. The molecule has 4 heteroatoms. The molecule has 0 aliphatic rings. The second-order valence-corrected chi connectivity index (χ2v) is 6.91. The van der Waals surface area contributed by atoms with Crippen molar-refractivity contribution in [2.24, 2.45) is 5.10 Å². The highest BCUT2D eigenvalue weighted by Crippen LogP contribution is 2.29. The molecule has 0 amide bonds. The lowest BCUT2D eigenvalue weighted by Gasteiger charge is -2.19. The molecular weight excluding hydrogens is 384 g/mol. The molecule has 4 nitrogen and oxygen atoms in total. The van der Waals surface area contributed by atoms with Gasteiger partial charge in [0, 0.05) is 0 Å². The van der Waals surface area contributed by atoms with E-state index in [1.54, 1.807) is 7.11 Å². The highest BCUT2D eigenvalue weighted by molar-refractivity contribution is 5.83. The maximum Gasteiger partial charge on any atom is 0.162 e. The van der Waals surface area contributed by atoms with Gasteiger partial charge in [-0.25, -0.2) is 5.01 Å². The summed E-state index contributed by atoms with van der Waals surface area (Å²) in [7, 11) is 1.64. The normalized spacial score (nSPS) is 10.7. The zero-order valence-electron chi connectivity index (χ0n) is 17.4. The number of hydrogen-bond donors (Lipinski definition) is 0. The standard InChI is InChI=1S/C27H24N2O2/c1-30-26-18-17-23(19-27(26)31-21-22-11-5-2-6-12-22)20-28-29(24-13-7-3-8-14-24)25-15-9-4-10-16-25/h2-20H,21H2,1H3. The molecule has 0 aromatic heterocycles. The summed E-state index contributed by atoms with van der Waals surface area (Å²) in [5.41, 5.74) is 3.99. The van der Waals surface area contributed by atoms with Crippen LogP contribution in [0.3, 0.4) is 0 Å². The van der Waals surface area contributed by atoms with Crippen LogP contribution in [-0.2, 0) is 6.61 Å². The van der Waals surface area contributed by atoms with Crippen molar-refractivity contribution in [1.82, 2.24) is 0 Å². The van der Waals surface area contributed by atoms with Gasteiger partial charge in [0.05, 0.1) is 24.7 Å². The predicted molar refractivity (Wildman–Crippen MR) is 126 cm³/mol. The first kappa shape index (κ1) is 20.2. The van der Waals surface area contributed by atoms with Crippen LogP contribution in [0.2, 0.25) is 0 Å². The number of methoxy groups -OCH3 is 1. The van der Waals surface area contributed by atoms with Crippen molar-refractivity contribution in [3.8, 4) is 11.5 Å². The van der Waals surface area contributed by atoms with Gasteiger partial charge in [-0.2, -0.15) is 5.10 Å². The van der Waals surface area contributed by atoms with Crippen molar-refractivity contribution in [1.29, 1.82) is 0 Å². The molecule has 0 atom stereocenters. The number of rotatable bonds is 8. The zero-order valence-corrected chi connectivity index (χ0v) is 17.4. The van der Waals surface area contributed by atoms with E-state index in [9.17, 15) is 0 Å². The number of hydrogen-bond acceptors (Lipinski definition) is 4. The molecule has 0 N–H and O–H groups in total. The van der Waals surface area contributed by atoms with Crippen molar-refractivity contribution in [3.63, 3.8) is 0 Å². The Labute approximate surface area is 183 Å². The third-order valence-corrected chi connectivity index (χ3v) is 4.75. The fourth-order valence-corrected chi connectivity index (χ4v) is 3.17. The Bertz CT molecular complexity index is 1070. The first-order valence-electron chi connectivity index (χ1n) is 10.1. The summed E-state index contributed by atoms with van der Waals surface area (Å²) in [5, 5.41) is 6.67. The van der Waals surface area contributed by atoms with E-state index in [-0.39, 0.29) is 0 Å². The van der Waals surface area contributed by atoms with Crippen molar-refractivity contribution in [3.05, 3.63) is 120 Å². The number of hydrazone groups is 1. The summed E-state index contributed by atoms with van der Waals surface area (Å²) in [5.74, 6) is 1.37. The van der Waals surface area contributed by atoms with Crippen LogP contribution < -0.4 is 14.5 Å². The third kappa shape index (κ3) is 5.31. The number of ether oxygens (including phenoxy) is 2. The van der Waals surface area contributed by atoms with Gasteiger partial charge in [0.15, 0.2) is 11.5 Å². The Morgan fingerprint density at radius 2 is 1.29 bits per heavy atom. The molecule has 0 radical (unpaired) electrons. The van der Waals surface area contributed by atoms with Crippen LogP contribution >= 0.6 is 0 Å². The second kappa shape index (κ2) is 10.1. The van der Waals surface area contributed by atoms with Crippen LogP contribution in [0.25, 0.3) is 0 Å². The van der Waals surface area contributed by atoms with Gasteiger partial charge in [-0.1, -0.05) is 66.7 Å². The van der Waals surface area contributed by atoms with Gasteiger partial charge >= 0.3 is 0 Å². The van der Waals surface area contributed by atoms with Gasteiger partial charge in [0.25, 0.3) is 0 Å². The number of para-hydroxylation sites is 2. The molecule has 0 saturated carbocycles. The van der Waals surface area contributed by atoms with Crippen molar-refractivity contribution >= 4 is 17.6 Å². The van der Waals surface area contributed by atoms with Gasteiger partial charge in [0.1, 0.15) is 6.61 Å². The van der Waals surface area contributed by atoms with Gasteiger partial charge in [0.2, 0.25) is 0 Å². The second-order valence-electron chi connectivity index (χ2n) is 6.91. The van der Waals surface area contributed by atoms with Crippen LogP contribution in [0.5, 0.6) is 11.5 Å². The highest BCUT2D eigenvalue weighted by atomic mass is 16.5. The van der Waals surface area contributed by atoms with E-state index in [0.717, 1.165) is 22.5 Å². The molecule has 4 aromatic carbocycles. The minimum Gasteiger partial charge on any atom is -0.493 e. The molecule has 0 aliphatic heterocycles. The molecule has 31 heavy (non-hydrogen) atoms. The molecule has 0 saturated heterocycles. The predicted octanol–water partition coefficient (Wildman–Crippen LogP) is 6.45. The molecular formula is C27H24N2O2. The average Bonchev–Trinajstić information content (AvgIpc) is 2.85. The first-order chi connectivity index (χ1) is 15.3. The number of nitrogens with zero attached hydrogens (tertiary/aromatic N) is 2. The van der Waals surface area contributed by atoms with E-state index in [2.05, 4.69) is 0 Å². The van der Waals surface area contributed by atoms with E-state index in [0.29, 0.717) is 18.1 Å². The topological polar surface area (TPSA) is 34.1 Å². The Morgan fingerprint density at radius 3 is 1.87 bits per heavy atom. The van der Waals surface area contributed by atoms with Crippen molar-refractivity contribution in [2.45, 2.75) is 6.61 Å². The number of anilines is 2. The van der Waals surface area contributed by atoms with Crippen LogP contribution in [0, 0.1) is 0 Å². The number of benzene rings is 4. The first-order valence-corrected chi connectivity index (χ1v) is 10.1. The third-order valence-electron chi connectivity index (χ3n) is 4.75. The molecule has 0 bridgehead atoms. The Kier molecular flexibility index (Phi) is 6.61. The molecule has 0 spiro atoms. The monoisotopic (exact) mass is 408 g/mol. The fourth-order valence-electron chi connectivity index (χ4n) is 3.17. The highest BCUT2D eigenvalue weighted by Gasteiger charge is 2.08. The molecule has 0 unspecified atom stereocenters. The van der Waals surface area contributed by atoms with Gasteiger partial charge in [-0.15, -0.1) is 0 Å². The van der Waals surface area contributed by atoms with Crippen LogP contribution in [-0.4, -0.2) is 13.3 Å². The minimum atomic E-state index is 0.470. The Morgan fingerprint density at radius 1 is 0.710 bits per heavy atom. The van der Waals surface area contributed by atoms with Crippen molar-refractivity contribution in [2.75, 3.05) is 12.1 Å². The summed E-state index contributed by atoms with van der Waals surface area (Å²) < 4.78 is 11.5. The van der Waals surface area contributed by atoms with Gasteiger partial charge < -0.3 is 9.47 Å². The van der Waals surface area contributed by atoms with Gasteiger partial charge in [-0.05, 0) is 53.6 Å². The van der Waals surface area contributed by atoms with Crippen molar-refractivity contribution < 1.29 is 9.47 Å². The smallest absolute Gasteiger partial charge is 0.162 e. The fraction of sp³-hybridized carbons (Fsp3) is 0.0741. The Balaban J connectivity index is 1.59. The molecule has 4 rings (SSSR count). The summed E-state index contributed by atoms with van der Waals surface area (Å²) in [4.78, 5) is 0. The molecule has 0 fully saturated rings. The van der Waals surface area contributed by atoms with E-state index in [4.69, 9.17) is 14.6 Å². The van der Waals surface area contributed by atoms with E-state index < -0.39 is 0 Å². The van der Waals surface area contributed by atoms with E-state index >= 15 is 0 Å². The summed E-state index contributed by atoms with van der Waals surface area (Å²) in [6, 6.07) is 36.0. The molecule has 0 aliphatic carbocycles. The lowest BCUT2D eigenvalue weighted by Crippen LogP contribution is -2.09. The lowest BCUT2D eigenvalue weighted by molar-refractivity contribution is 0.284. The minimum absolute atomic E-state index is 0.470. The zero-order chi connectivity index (χ0) is 21.3. The lowest BCUT2D eigenvalue weighted by atomic mass is 10.2. The average molecular weight is 409 g/mol. The molecule has 154 valence electrons. The summed E-state index contributed by atoms with van der Waals surface area (Å²) in [6.07, 6.45) is 1.83. The quantitative estimate of drug-likeness (QED) is 0.248. The van der Waals surface area contributed by atoms with E-state index in [1.807, 2.05) is 120 Å². The van der Waals surface area contributed by atoms with Gasteiger partial charge in [-0.3, -0.25) is 0 Å². The van der Waals surface area contributed by atoms with E-state index in [1.165, 1.54) is 0 Å². The Hall–Kier alpha value is -4.05.